The normalized spacial score (nSPS) is 17.3. The Kier molecular flexibility index (Phi) is 38.3. The molecule has 0 aliphatic carbocycles. The summed E-state index contributed by atoms with van der Waals surface area (Å²) < 4.78 is 276. The van der Waals surface area contributed by atoms with Crippen molar-refractivity contribution >= 4 is 73.0 Å². The Hall–Kier alpha value is -9.42. The fourth-order valence-electron chi connectivity index (χ4n) is 14.2. The van der Waals surface area contributed by atoms with Gasteiger partial charge in [-0.3, -0.25) is 4.79 Å². The second-order valence-electron chi connectivity index (χ2n) is 25.7. The number of halogens is 17. The molecule has 8 heterocycles. The van der Waals surface area contributed by atoms with Gasteiger partial charge in [-0.15, -0.1) is 12.4 Å². The molecule has 0 amide bonds. The van der Waals surface area contributed by atoms with Crippen LogP contribution in [0.5, 0.6) is 17.6 Å². The molecule has 0 spiro atoms. The average molecular weight is 1750 g/mol. The van der Waals surface area contributed by atoms with Gasteiger partial charge in [-0.1, -0.05) is 38.9 Å². The predicted octanol–water partition coefficient (Wildman–Crippen LogP) is 17.6. The highest BCUT2D eigenvalue weighted by Gasteiger charge is 2.65. The monoisotopic (exact) mass is 1750 g/mol. The Balaban J connectivity index is 0.000000311. The number of hydrogen-bond donors (Lipinski definition) is 7. The number of carbonyl (C=O) groups excluding carboxylic acids is 1. The lowest BCUT2D eigenvalue weighted by atomic mass is 9.68. The smallest absolute Gasteiger partial charge is 0.402 e. The van der Waals surface area contributed by atoms with Crippen molar-refractivity contribution in [1.29, 1.82) is 0 Å². The van der Waals surface area contributed by atoms with E-state index in [1.165, 1.54) is 144 Å². The van der Waals surface area contributed by atoms with Crippen molar-refractivity contribution in [3.05, 3.63) is 200 Å². The molecule has 4 aliphatic rings. The van der Waals surface area contributed by atoms with E-state index in [1.54, 1.807) is 0 Å². The van der Waals surface area contributed by atoms with Gasteiger partial charge in [0.2, 0.25) is 17.6 Å². The van der Waals surface area contributed by atoms with Gasteiger partial charge < -0.3 is 88.6 Å². The lowest BCUT2D eigenvalue weighted by Crippen LogP contribution is -2.48. The molecule has 0 radical (unpaired) electrons. The number of fused-ring (bicyclic) bond motifs is 8. The molecule has 0 bridgehead atoms. The van der Waals surface area contributed by atoms with E-state index in [1.807, 2.05) is 0 Å². The van der Waals surface area contributed by atoms with Crippen molar-refractivity contribution in [2.45, 2.75) is 124 Å². The minimum Gasteiger partial charge on any atom is -0.480 e. The number of aromatic nitrogens is 4. The number of nitrogens with zero attached hydrogens (tertiary/aromatic N) is 3. The molecule has 0 fully saturated rings. The van der Waals surface area contributed by atoms with E-state index < -0.39 is 114 Å². The summed E-state index contributed by atoms with van der Waals surface area (Å²) in [6, 6.07) is 22.1. The van der Waals surface area contributed by atoms with Crippen molar-refractivity contribution in [2.24, 2.45) is 0 Å². The molecule has 4 atom stereocenters. The number of carbonyl (C=O) groups is 1. The molecule has 4 aromatic carbocycles. The van der Waals surface area contributed by atoms with Gasteiger partial charge in [0.05, 0.1) is 21.3 Å². The molecule has 4 aliphatic heterocycles. The standard InChI is InChI=1S/C18H18F4N2O3.C17H16F4N2O2.C16H14F4N2O2.C16H12F4N2O2.C6H16Si.C4H10O3.2CH4O.ClH/c1-25-14(26-2)9-17(18(20,21)22)11-6-7-23-16(27-3)15(11)24-13-5-4-10(19)8-12(13)17;1-24-8-6-16(17(19,20)21)11-5-7-22-15(25-2)14(11)23-13-4-3-10(18)9-12(13)16;1-24-7-5-15(16(18,19)20)10-4-6-21-14(23)13(10)22-12-3-2-9(17)8-11(12)15;1-24-14-13-10(4-6-21-14)15(5-7-23,16(18,19)20)11-8-9(17)2-3-12(11)22-13;1-4-7(5-2)6-3;1-5-4(6-2)7-3;2*1-2;/h4-8,14,24H,9H2,1-3H3;3-5,7,9,23H,6,8H2,1-2H3;2-4,6,8,22H,5,7H2,1H3,(H,21,23);2-4,6-8,22H,5H2,1H3;7H,4-6H2,1-3H3;4H,1-3H3;2*2H,1H3;1H. The number of nitrogens with one attached hydrogen (secondary N) is 5. The van der Waals surface area contributed by atoms with E-state index in [9.17, 15) is 79.8 Å². The molecule has 22 nitrogen and oxygen atoms in total. The van der Waals surface area contributed by atoms with Crippen molar-refractivity contribution in [2.75, 3.05) is 120 Å². The van der Waals surface area contributed by atoms with Crippen LogP contribution in [0.3, 0.4) is 0 Å². The first-order valence-corrected chi connectivity index (χ1v) is 38.3. The summed E-state index contributed by atoms with van der Waals surface area (Å²) in [5.41, 5.74) is -12.2. The largest absolute Gasteiger partial charge is 0.480 e. The summed E-state index contributed by atoms with van der Waals surface area (Å²) in [6.07, 6.45) is -17.6. The third-order valence-electron chi connectivity index (χ3n) is 19.9. The van der Waals surface area contributed by atoms with Gasteiger partial charge in [-0.25, -0.2) is 32.5 Å². The molecular formula is C79H95ClF16N8O14Si. The molecule has 8 aromatic rings. The molecule has 40 heteroatoms. The third-order valence-corrected chi connectivity index (χ3v) is 23.4. The van der Waals surface area contributed by atoms with Crippen molar-refractivity contribution in [3.63, 3.8) is 0 Å². The minimum absolute atomic E-state index is 0. The van der Waals surface area contributed by atoms with Crippen LogP contribution in [0.1, 0.15) is 91.0 Å². The second kappa shape index (κ2) is 44.7. The molecular weight excluding hydrogens is 1650 g/mol. The molecule has 4 aromatic heterocycles. The van der Waals surface area contributed by atoms with Gasteiger partial charge in [0.25, 0.3) is 12.0 Å². The zero-order valence-corrected chi connectivity index (χ0v) is 69.3. The third kappa shape index (κ3) is 21.5. The number of hydrogen-bond acceptors (Lipinski definition) is 21. The molecule has 658 valence electrons. The number of aromatic amines is 1. The summed E-state index contributed by atoms with van der Waals surface area (Å²) in [4.78, 5) is 37.4. The van der Waals surface area contributed by atoms with Crippen molar-refractivity contribution in [3.8, 4) is 17.6 Å². The zero-order valence-electron chi connectivity index (χ0n) is 67.3. The number of anilines is 8. The number of alkyl halides is 12. The van der Waals surface area contributed by atoms with E-state index in [-0.39, 0.29) is 148 Å². The molecule has 0 saturated heterocycles. The average Bonchev–Trinajstić information content (AvgIpc) is 0.725. The maximum atomic E-state index is 14.6. The summed E-state index contributed by atoms with van der Waals surface area (Å²) in [5.74, 6) is -3.12. The van der Waals surface area contributed by atoms with E-state index in [0.29, 0.717) is 0 Å². The number of H-pyrrole nitrogens is 1. The summed E-state index contributed by atoms with van der Waals surface area (Å²) in [5, 5.41) is 25.3. The second-order valence-corrected chi connectivity index (χ2v) is 29.9. The zero-order chi connectivity index (χ0) is 88.5. The highest BCUT2D eigenvalue weighted by molar-refractivity contribution is 6.58. The van der Waals surface area contributed by atoms with Crippen LogP contribution in [0.25, 0.3) is 0 Å². The number of ether oxygens (including phenoxy) is 10. The number of rotatable bonds is 21. The lowest BCUT2D eigenvalue weighted by molar-refractivity contribution is -0.252. The van der Waals surface area contributed by atoms with Gasteiger partial charge in [0.15, 0.2) is 6.29 Å². The number of methoxy groups -OCH3 is 10. The van der Waals surface area contributed by atoms with Gasteiger partial charge in [-0.05, 0) is 132 Å². The van der Waals surface area contributed by atoms with Crippen LogP contribution in [-0.4, -0.2) is 181 Å². The highest BCUT2D eigenvalue weighted by atomic mass is 35.5. The molecule has 12 rings (SSSR count). The lowest BCUT2D eigenvalue weighted by Gasteiger charge is -2.43. The Morgan fingerprint density at radius 2 is 0.714 bits per heavy atom. The number of aliphatic hydroxyl groups excluding tert-OH is 2. The SMILES string of the molecule is CC[SiH](CC)CC.CO.CO.COC(OC)OC.COCCC1(C(F)(F)F)c2cc(F)ccc2Nc2c1cc[nH]c2=O.COCCC1(C(F)(F)F)c2cc(F)ccc2Nc2c1ccnc2OC.COc1nccc2c1Nc1ccc(F)cc1C2(CC(OC)OC)C(F)(F)F.COc1nccc2c1Nc1ccc(F)cc1C2(CC=O)C(F)(F)F.Cl. The first-order valence-electron chi connectivity index (χ1n) is 35.8. The highest BCUT2D eigenvalue weighted by Crippen LogP contribution is 2.62. The first-order chi connectivity index (χ1) is 56.0. The van der Waals surface area contributed by atoms with Gasteiger partial charge in [0, 0.05) is 169 Å². The van der Waals surface area contributed by atoms with E-state index in [0.717, 1.165) is 81.2 Å². The minimum atomic E-state index is -4.83. The maximum absolute atomic E-state index is 14.6. The topological polar surface area (TPSA) is 269 Å². The Bertz CT molecular complexity index is 4600. The molecule has 119 heavy (non-hydrogen) atoms. The van der Waals surface area contributed by atoms with Gasteiger partial charge in [0.1, 0.15) is 74.0 Å². The number of pyridine rings is 4. The summed E-state index contributed by atoms with van der Waals surface area (Å²) in [6.45, 7) is 6.10. The number of benzene rings is 4. The van der Waals surface area contributed by atoms with Crippen LogP contribution in [0.15, 0.2) is 127 Å². The molecule has 7 N–H and O–H groups in total. The fourth-order valence-corrected chi connectivity index (χ4v) is 16.0. The van der Waals surface area contributed by atoms with Crippen molar-refractivity contribution < 1.29 is 133 Å². The summed E-state index contributed by atoms with van der Waals surface area (Å²) >= 11 is 0. The Morgan fingerprint density at radius 3 is 0.983 bits per heavy atom. The van der Waals surface area contributed by atoms with Gasteiger partial charge >= 0.3 is 24.7 Å². The van der Waals surface area contributed by atoms with Crippen LogP contribution >= 0.6 is 12.4 Å². The quantitative estimate of drug-likeness (QED) is 0.0152. The molecule has 0 saturated carbocycles. The summed E-state index contributed by atoms with van der Waals surface area (Å²) in [7, 11) is 15.4. The first kappa shape index (κ1) is 102. The van der Waals surface area contributed by atoms with Crippen molar-refractivity contribution in [1.82, 2.24) is 19.9 Å². The fraction of sp³-hybridized carbons (Fsp3) is 0.430. The molecule has 4 unspecified atom stereocenters. The van der Waals surface area contributed by atoms with Crippen LogP contribution in [0, 0.1) is 23.3 Å². The van der Waals surface area contributed by atoms with Crippen LogP contribution in [-0.2, 0) is 59.6 Å². The van der Waals surface area contributed by atoms with Gasteiger partial charge in [-0.2, -0.15) is 52.7 Å². The Morgan fingerprint density at radius 1 is 0.420 bits per heavy atom. The predicted molar refractivity (Wildman–Crippen MR) is 419 cm³/mol. The maximum Gasteiger partial charge on any atom is 0.402 e. The number of aliphatic hydroxyl groups is 2. The number of aldehydes is 1. The Labute approximate surface area is 684 Å². The van der Waals surface area contributed by atoms with Crippen LogP contribution in [0.2, 0.25) is 18.1 Å². The van der Waals surface area contributed by atoms with Crippen LogP contribution < -0.4 is 41.0 Å². The van der Waals surface area contributed by atoms with E-state index in [4.69, 9.17) is 43.4 Å². The van der Waals surface area contributed by atoms with E-state index in [2.05, 4.69) is 76.2 Å². The van der Waals surface area contributed by atoms with E-state index >= 15 is 0 Å². The van der Waals surface area contributed by atoms with Crippen LogP contribution in [0.4, 0.5) is 116 Å².